The van der Waals surface area contributed by atoms with Crippen LogP contribution in [0.25, 0.3) is 77.7 Å². The zero-order valence-corrected chi connectivity index (χ0v) is 22.6. The van der Waals surface area contributed by atoms with Crippen molar-refractivity contribution in [3.05, 3.63) is 146 Å². The van der Waals surface area contributed by atoms with E-state index in [0.29, 0.717) is 17.5 Å². The summed E-state index contributed by atoms with van der Waals surface area (Å²) in [7, 11) is 0. The normalized spacial score (nSPS) is 11.3. The van der Waals surface area contributed by atoms with Gasteiger partial charge < -0.3 is 0 Å². The molecule has 8 rings (SSSR count). The molecule has 0 unspecified atom stereocenters. The van der Waals surface area contributed by atoms with Gasteiger partial charge >= 0.3 is 0 Å². The average molecular weight is 537 g/mol. The standard InChI is InChI=1S/C38H24N4/c1-2-10-27(11-3-1)36-40-37(42-38(41-36)34-16-8-14-26-9-6-7-15-33(26)34)30-20-18-25-17-19-29(21-32(25)22-30)35-23-28-12-4-5-13-31(28)24-39-35/h1-24H. The molecule has 4 nitrogen and oxygen atoms in total. The van der Waals surface area contributed by atoms with Gasteiger partial charge in [0.05, 0.1) is 5.69 Å². The van der Waals surface area contributed by atoms with Crippen molar-refractivity contribution in [1.29, 1.82) is 0 Å². The lowest BCUT2D eigenvalue weighted by molar-refractivity contribution is 1.08. The molecule has 0 fully saturated rings. The number of pyridine rings is 1. The van der Waals surface area contributed by atoms with Gasteiger partial charge in [0.1, 0.15) is 0 Å². The lowest BCUT2D eigenvalue weighted by atomic mass is 10.0. The van der Waals surface area contributed by atoms with Crippen LogP contribution in [0.4, 0.5) is 0 Å². The van der Waals surface area contributed by atoms with E-state index in [-0.39, 0.29) is 0 Å². The SMILES string of the molecule is c1ccc(-c2nc(-c3ccc4ccc(-c5cc6ccccc6cn5)cc4c3)nc(-c3cccc4ccccc34)n2)cc1. The van der Waals surface area contributed by atoms with Gasteiger partial charge in [0.15, 0.2) is 17.5 Å². The van der Waals surface area contributed by atoms with Gasteiger partial charge in [0.2, 0.25) is 0 Å². The number of aromatic nitrogens is 4. The van der Waals surface area contributed by atoms with E-state index in [1.165, 1.54) is 5.39 Å². The number of hydrogen-bond donors (Lipinski definition) is 0. The van der Waals surface area contributed by atoms with Gasteiger partial charge in [0.25, 0.3) is 0 Å². The molecule has 42 heavy (non-hydrogen) atoms. The first kappa shape index (κ1) is 24.1. The fourth-order valence-electron chi connectivity index (χ4n) is 5.55. The Morgan fingerprint density at radius 3 is 1.86 bits per heavy atom. The maximum Gasteiger partial charge on any atom is 0.164 e. The number of nitrogens with zero attached hydrogens (tertiary/aromatic N) is 4. The number of benzene rings is 6. The van der Waals surface area contributed by atoms with Crippen molar-refractivity contribution in [3.63, 3.8) is 0 Å². The molecule has 0 radical (unpaired) electrons. The van der Waals surface area contributed by atoms with Crippen LogP contribution in [0, 0.1) is 0 Å². The summed E-state index contributed by atoms with van der Waals surface area (Å²) in [6, 6.07) is 48.0. The van der Waals surface area contributed by atoms with Crippen molar-refractivity contribution in [2.45, 2.75) is 0 Å². The molecule has 2 heterocycles. The van der Waals surface area contributed by atoms with E-state index >= 15 is 0 Å². The van der Waals surface area contributed by atoms with Crippen molar-refractivity contribution >= 4 is 32.3 Å². The molecular formula is C38H24N4. The second-order valence-corrected chi connectivity index (χ2v) is 10.4. The maximum atomic E-state index is 5.04. The Hall–Kier alpha value is -5.74. The molecule has 6 aromatic carbocycles. The minimum Gasteiger partial charge on any atom is -0.256 e. The van der Waals surface area contributed by atoms with Crippen LogP contribution in [0.15, 0.2) is 146 Å². The van der Waals surface area contributed by atoms with Crippen molar-refractivity contribution in [2.75, 3.05) is 0 Å². The zero-order valence-electron chi connectivity index (χ0n) is 22.6. The quantitative estimate of drug-likeness (QED) is 0.225. The maximum absolute atomic E-state index is 5.04. The van der Waals surface area contributed by atoms with E-state index in [1.54, 1.807) is 0 Å². The van der Waals surface area contributed by atoms with Crippen LogP contribution < -0.4 is 0 Å². The molecule has 0 aliphatic heterocycles. The molecule has 0 saturated heterocycles. The second kappa shape index (κ2) is 10.0. The summed E-state index contributed by atoms with van der Waals surface area (Å²) in [5.74, 6) is 1.95. The van der Waals surface area contributed by atoms with Crippen LogP contribution in [0.1, 0.15) is 0 Å². The summed E-state index contributed by atoms with van der Waals surface area (Å²) in [5, 5.41) is 6.83. The van der Waals surface area contributed by atoms with Crippen molar-refractivity contribution < 1.29 is 0 Å². The molecule has 0 saturated carbocycles. The van der Waals surface area contributed by atoms with E-state index in [4.69, 9.17) is 19.9 Å². The average Bonchev–Trinajstić information content (AvgIpc) is 3.07. The first-order chi connectivity index (χ1) is 20.8. The number of hydrogen-bond acceptors (Lipinski definition) is 4. The highest BCUT2D eigenvalue weighted by molar-refractivity contribution is 5.96. The Balaban J connectivity index is 1.28. The molecule has 2 aromatic heterocycles. The summed E-state index contributed by atoms with van der Waals surface area (Å²) in [5.41, 5.74) is 4.90. The Bertz CT molecular complexity index is 2250. The highest BCUT2D eigenvalue weighted by Crippen LogP contribution is 2.32. The van der Waals surface area contributed by atoms with Crippen LogP contribution in [0.5, 0.6) is 0 Å². The largest absolute Gasteiger partial charge is 0.256 e. The fourth-order valence-corrected chi connectivity index (χ4v) is 5.55. The lowest BCUT2D eigenvalue weighted by Gasteiger charge is -2.11. The number of fused-ring (bicyclic) bond motifs is 3. The van der Waals surface area contributed by atoms with Crippen LogP contribution in [0.2, 0.25) is 0 Å². The third-order valence-electron chi connectivity index (χ3n) is 7.72. The molecule has 0 bridgehead atoms. The fraction of sp³-hybridized carbons (Fsp3) is 0. The molecule has 0 N–H and O–H groups in total. The minimum absolute atomic E-state index is 0.642. The first-order valence-corrected chi connectivity index (χ1v) is 14.0. The molecular weight excluding hydrogens is 512 g/mol. The summed E-state index contributed by atoms with van der Waals surface area (Å²) >= 11 is 0. The van der Waals surface area contributed by atoms with E-state index in [9.17, 15) is 0 Å². The Kier molecular flexibility index (Phi) is 5.75. The van der Waals surface area contributed by atoms with Crippen LogP contribution >= 0.6 is 0 Å². The first-order valence-electron chi connectivity index (χ1n) is 14.0. The van der Waals surface area contributed by atoms with Crippen molar-refractivity contribution in [2.24, 2.45) is 0 Å². The molecule has 0 atom stereocenters. The van der Waals surface area contributed by atoms with Crippen LogP contribution in [-0.4, -0.2) is 19.9 Å². The van der Waals surface area contributed by atoms with Gasteiger partial charge in [-0.1, -0.05) is 121 Å². The smallest absolute Gasteiger partial charge is 0.164 e. The Morgan fingerprint density at radius 1 is 0.357 bits per heavy atom. The van der Waals surface area contributed by atoms with E-state index < -0.39 is 0 Å². The van der Waals surface area contributed by atoms with Crippen molar-refractivity contribution in [1.82, 2.24) is 19.9 Å². The summed E-state index contributed by atoms with van der Waals surface area (Å²) in [6.07, 6.45) is 1.94. The second-order valence-electron chi connectivity index (χ2n) is 10.4. The lowest BCUT2D eigenvalue weighted by Crippen LogP contribution is -2.00. The van der Waals surface area contributed by atoms with Gasteiger partial charge in [-0.25, -0.2) is 15.0 Å². The molecule has 0 aliphatic carbocycles. The topological polar surface area (TPSA) is 51.6 Å². The summed E-state index contributed by atoms with van der Waals surface area (Å²) in [6.45, 7) is 0. The van der Waals surface area contributed by atoms with Gasteiger partial charge in [-0.2, -0.15) is 0 Å². The monoisotopic (exact) mass is 536 g/mol. The molecule has 4 heteroatoms. The van der Waals surface area contributed by atoms with E-state index in [0.717, 1.165) is 54.9 Å². The Morgan fingerprint density at radius 2 is 1.00 bits per heavy atom. The van der Waals surface area contributed by atoms with E-state index in [1.807, 2.05) is 42.6 Å². The summed E-state index contributed by atoms with van der Waals surface area (Å²) < 4.78 is 0. The molecule has 0 amide bonds. The molecule has 196 valence electrons. The molecule has 0 spiro atoms. The zero-order chi connectivity index (χ0) is 27.9. The van der Waals surface area contributed by atoms with Gasteiger partial charge in [0, 0.05) is 33.8 Å². The third-order valence-corrected chi connectivity index (χ3v) is 7.72. The number of rotatable bonds is 4. The van der Waals surface area contributed by atoms with Crippen LogP contribution in [0.3, 0.4) is 0 Å². The van der Waals surface area contributed by atoms with Crippen LogP contribution in [-0.2, 0) is 0 Å². The Labute approximate surface area is 243 Å². The molecule has 8 aromatic rings. The highest BCUT2D eigenvalue weighted by Gasteiger charge is 2.14. The minimum atomic E-state index is 0.642. The van der Waals surface area contributed by atoms with Gasteiger partial charge in [-0.3, -0.25) is 4.98 Å². The predicted octanol–water partition coefficient (Wildman–Crippen LogP) is 9.39. The van der Waals surface area contributed by atoms with Crippen molar-refractivity contribution in [3.8, 4) is 45.4 Å². The third kappa shape index (κ3) is 4.36. The predicted molar refractivity (Wildman–Crippen MR) is 172 cm³/mol. The summed E-state index contributed by atoms with van der Waals surface area (Å²) in [4.78, 5) is 19.7. The molecule has 0 aliphatic rings. The van der Waals surface area contributed by atoms with Gasteiger partial charge in [-0.05, 0) is 45.1 Å². The van der Waals surface area contributed by atoms with E-state index in [2.05, 4.69) is 103 Å². The highest BCUT2D eigenvalue weighted by atomic mass is 15.0. The van der Waals surface area contributed by atoms with Gasteiger partial charge in [-0.15, -0.1) is 0 Å².